The van der Waals surface area contributed by atoms with Crippen molar-refractivity contribution in [1.29, 1.82) is 0 Å². The van der Waals surface area contributed by atoms with Gasteiger partial charge in [-0.15, -0.1) is 11.6 Å². The Balaban J connectivity index is 2.44. The Morgan fingerprint density at radius 1 is 1.62 bits per heavy atom. The molecule has 1 aliphatic rings. The predicted molar refractivity (Wildman–Crippen MR) is 59.7 cm³/mol. The summed E-state index contributed by atoms with van der Waals surface area (Å²) in [5.74, 6) is 0.0517. The normalized spacial score (nSPS) is 23.2. The lowest BCUT2D eigenvalue weighted by Gasteiger charge is -2.28. The highest BCUT2D eigenvalue weighted by atomic mass is 35.5. The smallest absolute Gasteiger partial charge is 0.341 e. The van der Waals surface area contributed by atoms with E-state index in [2.05, 4.69) is 4.74 Å². The molecule has 2 rings (SSSR count). The van der Waals surface area contributed by atoms with Crippen molar-refractivity contribution in [2.24, 2.45) is 5.73 Å². The zero-order chi connectivity index (χ0) is 11.7. The van der Waals surface area contributed by atoms with Crippen LogP contribution in [0, 0.1) is 0 Å². The fourth-order valence-corrected chi connectivity index (χ4v) is 1.91. The first-order chi connectivity index (χ1) is 7.63. The van der Waals surface area contributed by atoms with Crippen molar-refractivity contribution in [2.45, 2.75) is 18.0 Å². The topological polar surface area (TPSA) is 61.5 Å². The van der Waals surface area contributed by atoms with Crippen molar-refractivity contribution in [3.05, 3.63) is 29.3 Å². The molecule has 2 N–H and O–H groups in total. The van der Waals surface area contributed by atoms with Gasteiger partial charge in [-0.25, -0.2) is 4.79 Å². The van der Waals surface area contributed by atoms with Crippen LogP contribution < -0.4 is 10.5 Å². The molecule has 0 saturated carbocycles. The van der Waals surface area contributed by atoms with Gasteiger partial charge in [-0.3, -0.25) is 5.73 Å². The Labute approximate surface area is 98.3 Å². The number of carbonyl (C=O) groups excluding carboxylic acids is 1. The maximum atomic E-state index is 11.5. The molecular formula is C11H12ClNO3. The molecule has 0 radical (unpaired) electrons. The standard InChI is InChI=1S/C11H12ClNO3/c1-15-11(14)7-4-2-3-6-5-8(12)10(13)16-9(6)7/h2-4,8,10H,5,13H2,1H3. The molecule has 0 bridgehead atoms. The predicted octanol–water partition coefficient (Wildman–Crippen LogP) is 1.30. The monoisotopic (exact) mass is 241 g/mol. The van der Waals surface area contributed by atoms with E-state index in [9.17, 15) is 4.79 Å². The molecule has 0 fully saturated rings. The summed E-state index contributed by atoms with van der Waals surface area (Å²) in [7, 11) is 1.33. The Morgan fingerprint density at radius 2 is 2.38 bits per heavy atom. The van der Waals surface area contributed by atoms with Gasteiger partial charge in [0.25, 0.3) is 0 Å². The molecule has 0 aromatic heterocycles. The molecule has 2 atom stereocenters. The highest BCUT2D eigenvalue weighted by Crippen LogP contribution is 2.32. The quantitative estimate of drug-likeness (QED) is 0.595. The van der Waals surface area contributed by atoms with E-state index >= 15 is 0 Å². The average molecular weight is 242 g/mol. The Kier molecular flexibility index (Phi) is 3.03. The second kappa shape index (κ2) is 4.31. The van der Waals surface area contributed by atoms with E-state index in [1.54, 1.807) is 12.1 Å². The van der Waals surface area contributed by atoms with E-state index < -0.39 is 12.2 Å². The minimum absolute atomic E-state index is 0.277. The number of carbonyl (C=O) groups is 1. The van der Waals surface area contributed by atoms with Crippen molar-refractivity contribution in [3.63, 3.8) is 0 Å². The van der Waals surface area contributed by atoms with Crippen molar-refractivity contribution in [2.75, 3.05) is 7.11 Å². The first-order valence-electron chi connectivity index (χ1n) is 4.90. The van der Waals surface area contributed by atoms with Crippen LogP contribution in [0.2, 0.25) is 0 Å². The van der Waals surface area contributed by atoms with Crippen molar-refractivity contribution in [1.82, 2.24) is 0 Å². The molecule has 0 saturated heterocycles. The third-order valence-corrected chi connectivity index (χ3v) is 2.93. The van der Waals surface area contributed by atoms with Gasteiger partial charge in [0.2, 0.25) is 0 Å². The molecule has 1 aromatic rings. The number of hydrogen-bond acceptors (Lipinski definition) is 4. The van der Waals surface area contributed by atoms with Gasteiger partial charge in [0.05, 0.1) is 12.5 Å². The molecule has 1 aliphatic heterocycles. The van der Waals surface area contributed by atoms with Crippen LogP contribution in [-0.4, -0.2) is 24.7 Å². The number of para-hydroxylation sites is 1. The summed E-state index contributed by atoms with van der Waals surface area (Å²) in [4.78, 5) is 11.5. The summed E-state index contributed by atoms with van der Waals surface area (Å²) in [6.45, 7) is 0. The van der Waals surface area contributed by atoms with Gasteiger partial charge in [-0.05, 0) is 18.1 Å². The van der Waals surface area contributed by atoms with Crippen molar-refractivity contribution >= 4 is 17.6 Å². The third-order valence-electron chi connectivity index (χ3n) is 2.53. The Hall–Kier alpha value is -1.26. The number of benzene rings is 1. The molecule has 86 valence electrons. The van der Waals surface area contributed by atoms with Crippen LogP contribution in [0.25, 0.3) is 0 Å². The lowest BCUT2D eigenvalue weighted by Crippen LogP contribution is -2.41. The van der Waals surface area contributed by atoms with Crippen molar-refractivity contribution < 1.29 is 14.3 Å². The summed E-state index contributed by atoms with van der Waals surface area (Å²) in [5, 5.41) is -0.277. The first kappa shape index (κ1) is 11.2. The fraction of sp³-hybridized carbons (Fsp3) is 0.364. The summed E-state index contributed by atoms with van der Waals surface area (Å²) < 4.78 is 10.1. The number of fused-ring (bicyclic) bond motifs is 1. The van der Waals surface area contributed by atoms with Gasteiger partial charge in [0, 0.05) is 0 Å². The zero-order valence-corrected chi connectivity index (χ0v) is 9.53. The van der Waals surface area contributed by atoms with Gasteiger partial charge in [-0.1, -0.05) is 12.1 Å². The maximum Gasteiger partial charge on any atom is 0.341 e. The van der Waals surface area contributed by atoms with E-state index in [-0.39, 0.29) is 5.38 Å². The van der Waals surface area contributed by atoms with Crippen LogP contribution in [0.1, 0.15) is 15.9 Å². The third kappa shape index (κ3) is 1.86. The Bertz CT molecular complexity index is 422. The lowest BCUT2D eigenvalue weighted by molar-refractivity contribution is 0.0591. The van der Waals surface area contributed by atoms with Crippen LogP contribution in [0.4, 0.5) is 0 Å². The fourth-order valence-electron chi connectivity index (χ4n) is 1.69. The van der Waals surface area contributed by atoms with E-state index in [4.69, 9.17) is 22.1 Å². The van der Waals surface area contributed by atoms with Crippen molar-refractivity contribution in [3.8, 4) is 5.75 Å². The SMILES string of the molecule is COC(=O)c1cccc2c1OC(N)C(Cl)C2. The van der Waals surface area contributed by atoms with Crippen LogP contribution in [0.15, 0.2) is 18.2 Å². The van der Waals surface area contributed by atoms with Crippen LogP contribution >= 0.6 is 11.6 Å². The van der Waals surface area contributed by atoms with Crippen LogP contribution in [0.5, 0.6) is 5.75 Å². The van der Waals surface area contributed by atoms with Crippen LogP contribution in [0.3, 0.4) is 0 Å². The number of halogens is 1. The number of ether oxygens (including phenoxy) is 2. The van der Waals surface area contributed by atoms with Crippen LogP contribution in [-0.2, 0) is 11.2 Å². The van der Waals surface area contributed by atoms with Gasteiger partial charge >= 0.3 is 5.97 Å². The van der Waals surface area contributed by atoms with E-state index in [1.807, 2.05) is 6.07 Å². The molecule has 4 nitrogen and oxygen atoms in total. The number of esters is 1. The van der Waals surface area contributed by atoms with E-state index in [1.165, 1.54) is 7.11 Å². The number of methoxy groups -OCH3 is 1. The molecule has 5 heteroatoms. The minimum Gasteiger partial charge on any atom is -0.473 e. The van der Waals surface area contributed by atoms with Gasteiger partial charge in [-0.2, -0.15) is 0 Å². The number of rotatable bonds is 1. The molecular weight excluding hydrogens is 230 g/mol. The summed E-state index contributed by atoms with van der Waals surface area (Å²) in [6, 6.07) is 5.28. The molecule has 1 heterocycles. The molecule has 16 heavy (non-hydrogen) atoms. The first-order valence-corrected chi connectivity index (χ1v) is 5.33. The highest BCUT2D eigenvalue weighted by molar-refractivity contribution is 6.21. The van der Waals surface area contributed by atoms with E-state index in [0.29, 0.717) is 17.7 Å². The number of nitrogens with two attached hydrogens (primary N) is 1. The summed E-state index contributed by atoms with van der Waals surface area (Å²) in [6.07, 6.45) is -0.0110. The lowest BCUT2D eigenvalue weighted by atomic mass is 10.0. The number of hydrogen-bond donors (Lipinski definition) is 1. The zero-order valence-electron chi connectivity index (χ0n) is 8.77. The van der Waals surface area contributed by atoms with E-state index in [0.717, 1.165) is 5.56 Å². The average Bonchev–Trinajstić information content (AvgIpc) is 2.29. The molecule has 2 unspecified atom stereocenters. The van der Waals surface area contributed by atoms with Gasteiger partial charge < -0.3 is 9.47 Å². The van der Waals surface area contributed by atoms with Gasteiger partial charge in [0.15, 0.2) is 6.23 Å². The molecule has 0 spiro atoms. The second-order valence-corrected chi connectivity index (χ2v) is 4.15. The Morgan fingerprint density at radius 3 is 3.06 bits per heavy atom. The largest absolute Gasteiger partial charge is 0.473 e. The molecule has 0 aliphatic carbocycles. The second-order valence-electron chi connectivity index (χ2n) is 3.59. The highest BCUT2D eigenvalue weighted by Gasteiger charge is 2.28. The van der Waals surface area contributed by atoms with Gasteiger partial charge in [0.1, 0.15) is 11.3 Å². The number of alkyl halides is 1. The summed E-state index contributed by atoms with van der Waals surface area (Å²) >= 11 is 5.99. The summed E-state index contributed by atoms with van der Waals surface area (Å²) in [5.41, 5.74) is 6.96. The molecule has 0 amide bonds. The minimum atomic E-state index is -0.597. The molecule has 1 aromatic carbocycles. The maximum absolute atomic E-state index is 11.5.